The Labute approximate surface area is 121 Å². The van der Waals surface area contributed by atoms with Gasteiger partial charge in [0.2, 0.25) is 0 Å². The van der Waals surface area contributed by atoms with Crippen LogP contribution in [0.3, 0.4) is 0 Å². The SMILES string of the molecule is CNc1ccc(-c2ccc(C(=O)C(=O)O)cc2)cc1C=N. The number of anilines is 1. The second-order valence-corrected chi connectivity index (χ2v) is 4.41. The van der Waals surface area contributed by atoms with Gasteiger partial charge in [0.1, 0.15) is 0 Å². The third kappa shape index (κ3) is 2.97. The molecule has 2 aromatic rings. The maximum atomic E-state index is 11.3. The number of hydrogen-bond donors (Lipinski definition) is 3. The van der Waals surface area contributed by atoms with Gasteiger partial charge in [0.05, 0.1) is 0 Å². The van der Waals surface area contributed by atoms with Gasteiger partial charge in [0, 0.05) is 30.1 Å². The molecule has 0 radical (unpaired) electrons. The molecule has 0 bridgehead atoms. The van der Waals surface area contributed by atoms with Gasteiger partial charge in [-0.1, -0.05) is 30.3 Å². The molecule has 0 spiro atoms. The summed E-state index contributed by atoms with van der Waals surface area (Å²) in [4.78, 5) is 22.0. The Balaban J connectivity index is 2.37. The third-order valence-electron chi connectivity index (χ3n) is 3.15. The van der Waals surface area contributed by atoms with E-state index < -0.39 is 11.8 Å². The standard InChI is InChI=1S/C16H14N2O3/c1-18-14-7-6-12(8-13(14)9-17)10-2-4-11(5-3-10)15(19)16(20)21/h2-9,17-18H,1H3,(H,20,21). The molecular formula is C16H14N2O3. The van der Waals surface area contributed by atoms with Crippen molar-refractivity contribution in [1.29, 1.82) is 5.41 Å². The van der Waals surface area contributed by atoms with Crippen molar-refractivity contribution >= 4 is 23.7 Å². The largest absolute Gasteiger partial charge is 0.475 e. The second kappa shape index (κ2) is 6.00. The van der Waals surface area contributed by atoms with Gasteiger partial charge in [0.15, 0.2) is 0 Å². The number of ketones is 1. The van der Waals surface area contributed by atoms with E-state index in [0.717, 1.165) is 22.4 Å². The van der Waals surface area contributed by atoms with E-state index in [1.165, 1.54) is 18.3 Å². The van der Waals surface area contributed by atoms with Gasteiger partial charge in [-0.2, -0.15) is 0 Å². The van der Waals surface area contributed by atoms with Crippen LogP contribution in [0, 0.1) is 5.41 Å². The number of carbonyl (C=O) groups excluding carboxylic acids is 1. The van der Waals surface area contributed by atoms with Crippen molar-refractivity contribution in [3.8, 4) is 11.1 Å². The Hall–Kier alpha value is -2.95. The molecule has 0 atom stereocenters. The van der Waals surface area contributed by atoms with Crippen LogP contribution in [0.5, 0.6) is 0 Å². The summed E-state index contributed by atoms with van der Waals surface area (Å²) in [5.74, 6) is -2.39. The second-order valence-electron chi connectivity index (χ2n) is 4.41. The summed E-state index contributed by atoms with van der Waals surface area (Å²) in [6.45, 7) is 0. The topological polar surface area (TPSA) is 90.2 Å². The highest BCUT2D eigenvalue weighted by Crippen LogP contribution is 2.24. The number of carboxylic acids is 1. The van der Waals surface area contributed by atoms with Crippen molar-refractivity contribution in [3.05, 3.63) is 53.6 Å². The zero-order valence-electron chi connectivity index (χ0n) is 11.4. The van der Waals surface area contributed by atoms with Crippen LogP contribution in [0.1, 0.15) is 15.9 Å². The van der Waals surface area contributed by atoms with Crippen LogP contribution in [0.25, 0.3) is 11.1 Å². The monoisotopic (exact) mass is 282 g/mol. The van der Waals surface area contributed by atoms with Gasteiger partial charge in [-0.15, -0.1) is 0 Å². The number of Topliss-reactive ketones (excluding diaryl/α,β-unsaturated/α-hetero) is 1. The lowest BCUT2D eigenvalue weighted by Gasteiger charge is -2.08. The van der Waals surface area contributed by atoms with Crippen LogP contribution in [-0.4, -0.2) is 30.1 Å². The van der Waals surface area contributed by atoms with Gasteiger partial charge >= 0.3 is 5.97 Å². The lowest BCUT2D eigenvalue weighted by atomic mass is 10.00. The first-order chi connectivity index (χ1) is 10.1. The average Bonchev–Trinajstić information content (AvgIpc) is 2.53. The van der Waals surface area contributed by atoms with E-state index >= 15 is 0 Å². The number of rotatable bonds is 5. The van der Waals surface area contributed by atoms with Crippen molar-refractivity contribution < 1.29 is 14.7 Å². The highest BCUT2D eigenvalue weighted by molar-refractivity contribution is 6.39. The molecule has 21 heavy (non-hydrogen) atoms. The molecule has 0 aromatic heterocycles. The molecule has 106 valence electrons. The summed E-state index contributed by atoms with van der Waals surface area (Å²) in [7, 11) is 1.79. The predicted octanol–water partition coefficient (Wildman–Crippen LogP) is 2.66. The molecular weight excluding hydrogens is 268 g/mol. The van der Waals surface area contributed by atoms with Crippen molar-refractivity contribution in [2.75, 3.05) is 12.4 Å². The normalized spacial score (nSPS) is 9.95. The first kappa shape index (κ1) is 14.5. The summed E-state index contributed by atoms with van der Waals surface area (Å²) in [6.07, 6.45) is 1.26. The maximum Gasteiger partial charge on any atom is 0.377 e. The fourth-order valence-corrected chi connectivity index (χ4v) is 2.03. The zero-order chi connectivity index (χ0) is 15.4. The number of aliphatic carboxylic acids is 1. The van der Waals surface area contributed by atoms with E-state index in [1.54, 1.807) is 19.2 Å². The van der Waals surface area contributed by atoms with E-state index in [-0.39, 0.29) is 5.56 Å². The molecule has 0 aliphatic heterocycles. The van der Waals surface area contributed by atoms with Crippen molar-refractivity contribution in [1.82, 2.24) is 0 Å². The fourth-order valence-electron chi connectivity index (χ4n) is 2.03. The quantitative estimate of drug-likeness (QED) is 0.447. The van der Waals surface area contributed by atoms with E-state index in [9.17, 15) is 9.59 Å². The smallest absolute Gasteiger partial charge is 0.377 e. The first-order valence-electron chi connectivity index (χ1n) is 6.27. The van der Waals surface area contributed by atoms with Gasteiger partial charge in [-0.05, 0) is 23.3 Å². The molecule has 2 rings (SSSR count). The van der Waals surface area contributed by atoms with Crippen molar-refractivity contribution in [2.24, 2.45) is 0 Å². The lowest BCUT2D eigenvalue weighted by Crippen LogP contribution is -2.12. The molecule has 0 saturated carbocycles. The Bertz CT molecular complexity index is 706. The van der Waals surface area contributed by atoms with Crippen LogP contribution >= 0.6 is 0 Å². The van der Waals surface area contributed by atoms with Gasteiger partial charge < -0.3 is 15.8 Å². The third-order valence-corrected chi connectivity index (χ3v) is 3.15. The minimum absolute atomic E-state index is 0.144. The molecule has 3 N–H and O–H groups in total. The molecule has 0 heterocycles. The number of carboxylic acid groups (broad SMARTS) is 1. The first-order valence-corrected chi connectivity index (χ1v) is 6.27. The Kier molecular flexibility index (Phi) is 4.13. The lowest BCUT2D eigenvalue weighted by molar-refractivity contribution is -0.131. The summed E-state index contributed by atoms with van der Waals surface area (Å²) in [6, 6.07) is 12.0. The Morgan fingerprint density at radius 1 is 1.10 bits per heavy atom. The number of nitrogens with one attached hydrogen (secondary N) is 2. The summed E-state index contributed by atoms with van der Waals surface area (Å²) in [5.41, 5.74) is 3.49. The molecule has 5 heteroatoms. The van der Waals surface area contributed by atoms with E-state index in [4.69, 9.17) is 10.5 Å². The van der Waals surface area contributed by atoms with E-state index in [2.05, 4.69) is 5.32 Å². The molecule has 0 aliphatic rings. The Morgan fingerprint density at radius 2 is 1.71 bits per heavy atom. The molecule has 0 fully saturated rings. The molecule has 0 saturated heterocycles. The summed E-state index contributed by atoms with van der Waals surface area (Å²) < 4.78 is 0. The molecule has 0 aliphatic carbocycles. The van der Waals surface area contributed by atoms with Crippen molar-refractivity contribution in [2.45, 2.75) is 0 Å². The average molecular weight is 282 g/mol. The van der Waals surface area contributed by atoms with E-state index in [0.29, 0.717) is 0 Å². The minimum atomic E-state index is -1.47. The molecule has 0 amide bonds. The molecule has 2 aromatic carbocycles. The number of carbonyl (C=O) groups is 2. The Morgan fingerprint density at radius 3 is 2.24 bits per heavy atom. The summed E-state index contributed by atoms with van der Waals surface area (Å²) in [5, 5.41) is 19.1. The van der Waals surface area contributed by atoms with Gasteiger partial charge in [0.25, 0.3) is 5.78 Å². The highest BCUT2D eigenvalue weighted by atomic mass is 16.4. The molecule has 5 nitrogen and oxygen atoms in total. The highest BCUT2D eigenvalue weighted by Gasteiger charge is 2.14. The van der Waals surface area contributed by atoms with E-state index in [1.807, 2.05) is 18.2 Å². The fraction of sp³-hybridized carbons (Fsp3) is 0.0625. The van der Waals surface area contributed by atoms with Crippen LogP contribution in [0.15, 0.2) is 42.5 Å². The summed E-state index contributed by atoms with van der Waals surface area (Å²) >= 11 is 0. The van der Waals surface area contributed by atoms with Crippen LogP contribution < -0.4 is 5.32 Å². The van der Waals surface area contributed by atoms with Gasteiger partial charge in [-0.25, -0.2) is 4.79 Å². The van der Waals surface area contributed by atoms with Crippen molar-refractivity contribution in [3.63, 3.8) is 0 Å². The minimum Gasteiger partial charge on any atom is -0.475 e. The number of benzene rings is 2. The van der Waals surface area contributed by atoms with Crippen LogP contribution in [0.2, 0.25) is 0 Å². The van der Waals surface area contributed by atoms with Gasteiger partial charge in [-0.3, -0.25) is 4.79 Å². The zero-order valence-corrected chi connectivity index (χ0v) is 11.4. The van der Waals surface area contributed by atoms with Crippen LogP contribution in [0.4, 0.5) is 5.69 Å². The molecule has 0 unspecified atom stereocenters. The number of hydrogen-bond acceptors (Lipinski definition) is 4. The predicted molar refractivity (Wildman–Crippen MR) is 81.3 cm³/mol. The van der Waals surface area contributed by atoms with Crippen LogP contribution in [-0.2, 0) is 4.79 Å². The maximum absolute atomic E-state index is 11.3.